The number of aromatic nitrogens is 1. The monoisotopic (exact) mass is 278 g/mol. The number of ether oxygens (including phenoxy) is 1. The van der Waals surface area contributed by atoms with Gasteiger partial charge >= 0.3 is 5.97 Å². The fourth-order valence-corrected chi connectivity index (χ4v) is 2.29. The first-order chi connectivity index (χ1) is 9.10. The van der Waals surface area contributed by atoms with Crippen molar-refractivity contribution in [3.63, 3.8) is 0 Å². The molecule has 5 nitrogen and oxygen atoms in total. The van der Waals surface area contributed by atoms with Crippen molar-refractivity contribution in [3.8, 4) is 5.75 Å². The first kappa shape index (κ1) is 13.4. The topological polar surface area (TPSA) is 71.5 Å². The molecule has 100 valence electrons. The van der Waals surface area contributed by atoms with Crippen LogP contribution in [0.25, 0.3) is 0 Å². The average molecular weight is 278 g/mol. The zero-order chi connectivity index (χ0) is 13.8. The van der Waals surface area contributed by atoms with Crippen LogP contribution in [0.3, 0.4) is 0 Å². The summed E-state index contributed by atoms with van der Waals surface area (Å²) in [5.74, 6) is -0.247. The maximum absolute atomic E-state index is 10.7. The Labute approximate surface area is 114 Å². The van der Waals surface area contributed by atoms with E-state index in [0.717, 1.165) is 28.3 Å². The van der Waals surface area contributed by atoms with E-state index in [1.165, 1.54) is 0 Å². The first-order valence-electron chi connectivity index (χ1n) is 5.66. The summed E-state index contributed by atoms with van der Waals surface area (Å²) in [6.45, 7) is 2.46. The standard InChI is InChI=1S/C13H14N2O3S/c1-8-3-4-11(18-2)10(5-8)14-6-9-7-19-12(15-9)13(16)17/h3-5,7,14H,6H2,1-2H3,(H,16,17). The van der Waals surface area contributed by atoms with Crippen molar-refractivity contribution in [3.05, 3.63) is 39.8 Å². The highest BCUT2D eigenvalue weighted by molar-refractivity contribution is 7.11. The zero-order valence-corrected chi connectivity index (χ0v) is 11.5. The molecule has 2 aromatic rings. The quantitative estimate of drug-likeness (QED) is 0.880. The van der Waals surface area contributed by atoms with Crippen molar-refractivity contribution in [2.75, 3.05) is 12.4 Å². The fraction of sp³-hybridized carbons (Fsp3) is 0.231. The molecule has 1 heterocycles. The highest BCUT2D eigenvalue weighted by Crippen LogP contribution is 2.25. The average Bonchev–Trinajstić information content (AvgIpc) is 2.85. The lowest BCUT2D eigenvalue weighted by Gasteiger charge is -2.10. The lowest BCUT2D eigenvalue weighted by atomic mass is 10.2. The molecule has 0 radical (unpaired) electrons. The third-order valence-corrected chi connectivity index (χ3v) is 3.43. The van der Waals surface area contributed by atoms with E-state index in [9.17, 15) is 4.79 Å². The van der Waals surface area contributed by atoms with Gasteiger partial charge in [0.25, 0.3) is 0 Å². The molecule has 19 heavy (non-hydrogen) atoms. The molecule has 6 heteroatoms. The summed E-state index contributed by atoms with van der Waals surface area (Å²) in [6.07, 6.45) is 0. The van der Waals surface area contributed by atoms with E-state index in [0.29, 0.717) is 12.2 Å². The number of rotatable bonds is 5. The predicted molar refractivity (Wildman–Crippen MR) is 74.1 cm³/mol. The first-order valence-corrected chi connectivity index (χ1v) is 6.54. The molecule has 0 bridgehead atoms. The molecule has 0 aliphatic heterocycles. The minimum Gasteiger partial charge on any atom is -0.495 e. The van der Waals surface area contributed by atoms with Crippen LogP contribution in [0, 0.1) is 6.92 Å². The summed E-state index contributed by atoms with van der Waals surface area (Å²) >= 11 is 1.12. The van der Waals surface area contributed by atoms with Crippen molar-refractivity contribution in [1.82, 2.24) is 4.98 Å². The number of carbonyl (C=O) groups is 1. The smallest absolute Gasteiger partial charge is 0.365 e. The Kier molecular flexibility index (Phi) is 4.01. The van der Waals surface area contributed by atoms with Crippen LogP contribution < -0.4 is 10.1 Å². The van der Waals surface area contributed by atoms with E-state index in [1.807, 2.05) is 25.1 Å². The van der Waals surface area contributed by atoms with E-state index in [2.05, 4.69) is 10.3 Å². The van der Waals surface area contributed by atoms with Crippen LogP contribution in [0.2, 0.25) is 0 Å². The van der Waals surface area contributed by atoms with Crippen LogP contribution in [-0.4, -0.2) is 23.2 Å². The van der Waals surface area contributed by atoms with Gasteiger partial charge in [-0.25, -0.2) is 9.78 Å². The van der Waals surface area contributed by atoms with Gasteiger partial charge in [-0.15, -0.1) is 11.3 Å². The van der Waals surface area contributed by atoms with Crippen LogP contribution in [0.5, 0.6) is 5.75 Å². The number of hydrogen-bond donors (Lipinski definition) is 2. The molecule has 2 N–H and O–H groups in total. The highest BCUT2D eigenvalue weighted by atomic mass is 32.1. The third-order valence-electron chi connectivity index (χ3n) is 2.55. The van der Waals surface area contributed by atoms with Gasteiger partial charge in [0.05, 0.1) is 25.0 Å². The molecule has 0 unspecified atom stereocenters. The summed E-state index contributed by atoms with van der Waals surface area (Å²) in [6, 6.07) is 5.83. The van der Waals surface area contributed by atoms with Crippen molar-refractivity contribution >= 4 is 23.0 Å². The van der Waals surface area contributed by atoms with Crippen LogP contribution in [0.4, 0.5) is 5.69 Å². The number of nitrogens with one attached hydrogen (secondary N) is 1. The molecular formula is C13H14N2O3S. The Morgan fingerprint density at radius 2 is 2.32 bits per heavy atom. The lowest BCUT2D eigenvalue weighted by Crippen LogP contribution is -2.03. The Balaban J connectivity index is 2.09. The van der Waals surface area contributed by atoms with Crippen molar-refractivity contribution in [2.24, 2.45) is 0 Å². The van der Waals surface area contributed by atoms with Gasteiger partial charge in [0.15, 0.2) is 0 Å². The third kappa shape index (κ3) is 3.23. The molecule has 0 amide bonds. The number of carboxylic acid groups (broad SMARTS) is 1. The van der Waals surface area contributed by atoms with E-state index in [4.69, 9.17) is 9.84 Å². The predicted octanol–water partition coefficient (Wildman–Crippen LogP) is 2.77. The van der Waals surface area contributed by atoms with E-state index < -0.39 is 5.97 Å². The maximum Gasteiger partial charge on any atom is 0.365 e. The van der Waals surface area contributed by atoms with Crippen molar-refractivity contribution < 1.29 is 14.6 Å². The normalized spacial score (nSPS) is 10.2. The number of benzene rings is 1. The Bertz CT molecular complexity index is 595. The largest absolute Gasteiger partial charge is 0.495 e. The van der Waals surface area contributed by atoms with Gasteiger partial charge < -0.3 is 15.2 Å². The summed E-state index contributed by atoms with van der Waals surface area (Å²) in [5.41, 5.74) is 2.69. The molecule has 2 rings (SSSR count). The lowest BCUT2D eigenvalue weighted by molar-refractivity contribution is 0.0696. The number of hydrogen-bond acceptors (Lipinski definition) is 5. The van der Waals surface area contributed by atoms with E-state index in [1.54, 1.807) is 12.5 Å². The zero-order valence-electron chi connectivity index (χ0n) is 10.6. The van der Waals surface area contributed by atoms with Gasteiger partial charge in [-0.3, -0.25) is 0 Å². The molecule has 1 aromatic heterocycles. The van der Waals surface area contributed by atoms with Crippen LogP contribution in [0.1, 0.15) is 21.1 Å². The Hall–Kier alpha value is -2.08. The number of methoxy groups -OCH3 is 1. The summed E-state index contributed by atoms with van der Waals surface area (Å²) in [4.78, 5) is 14.8. The van der Waals surface area contributed by atoms with Crippen LogP contribution >= 0.6 is 11.3 Å². The molecule has 0 spiro atoms. The second kappa shape index (κ2) is 5.71. The summed E-state index contributed by atoms with van der Waals surface area (Å²) in [5, 5.41) is 13.8. The number of anilines is 1. The van der Waals surface area contributed by atoms with Crippen LogP contribution in [-0.2, 0) is 6.54 Å². The molecule has 0 saturated heterocycles. The summed E-state index contributed by atoms with van der Waals surface area (Å²) in [7, 11) is 1.61. The molecule has 0 aliphatic rings. The molecular weight excluding hydrogens is 264 g/mol. The number of aromatic carboxylic acids is 1. The number of carboxylic acids is 1. The molecule has 0 fully saturated rings. The number of aryl methyl sites for hydroxylation is 1. The van der Waals surface area contributed by atoms with Gasteiger partial charge in [-0.05, 0) is 24.6 Å². The Morgan fingerprint density at radius 1 is 1.53 bits per heavy atom. The minimum atomic E-state index is -0.996. The second-order valence-corrected chi connectivity index (χ2v) is 4.86. The van der Waals surface area contributed by atoms with Crippen LogP contribution in [0.15, 0.2) is 23.6 Å². The van der Waals surface area contributed by atoms with E-state index in [-0.39, 0.29) is 5.01 Å². The summed E-state index contributed by atoms with van der Waals surface area (Å²) < 4.78 is 5.26. The van der Waals surface area contributed by atoms with Gasteiger partial charge in [-0.1, -0.05) is 6.07 Å². The highest BCUT2D eigenvalue weighted by Gasteiger charge is 2.09. The van der Waals surface area contributed by atoms with Crippen molar-refractivity contribution in [2.45, 2.75) is 13.5 Å². The Morgan fingerprint density at radius 3 is 2.95 bits per heavy atom. The van der Waals surface area contributed by atoms with Crippen molar-refractivity contribution in [1.29, 1.82) is 0 Å². The van der Waals surface area contributed by atoms with Gasteiger partial charge in [0.2, 0.25) is 5.01 Å². The van der Waals surface area contributed by atoms with E-state index >= 15 is 0 Å². The molecule has 1 aromatic carbocycles. The molecule has 0 aliphatic carbocycles. The van der Waals surface area contributed by atoms with Gasteiger partial charge in [0, 0.05) is 5.38 Å². The number of nitrogens with zero attached hydrogens (tertiary/aromatic N) is 1. The SMILES string of the molecule is COc1ccc(C)cc1NCc1csc(C(=O)O)n1. The fourth-order valence-electron chi connectivity index (χ4n) is 1.63. The maximum atomic E-state index is 10.7. The minimum absolute atomic E-state index is 0.105. The van der Waals surface area contributed by atoms with Gasteiger partial charge in [-0.2, -0.15) is 0 Å². The van der Waals surface area contributed by atoms with Gasteiger partial charge in [0.1, 0.15) is 5.75 Å². The molecule has 0 atom stereocenters. The molecule has 0 saturated carbocycles. The second-order valence-electron chi connectivity index (χ2n) is 4.01. The number of thiazole rings is 1.